The van der Waals surface area contributed by atoms with E-state index in [9.17, 15) is 4.79 Å². The van der Waals surface area contributed by atoms with Gasteiger partial charge in [0.15, 0.2) is 0 Å². The van der Waals surface area contributed by atoms with Gasteiger partial charge >= 0.3 is 0 Å². The molecule has 1 amide bonds. The summed E-state index contributed by atoms with van der Waals surface area (Å²) in [5.74, 6) is 0.516. The fraction of sp³-hybridized carbons (Fsp3) is 0.500. The first kappa shape index (κ1) is 13.7. The van der Waals surface area contributed by atoms with Crippen LogP contribution in [0.15, 0.2) is 24.3 Å². The Bertz CT molecular complexity index is 346. The predicted octanol–water partition coefficient (Wildman–Crippen LogP) is 1.82. The van der Waals surface area contributed by atoms with Gasteiger partial charge < -0.3 is 11.1 Å². The quantitative estimate of drug-likeness (QED) is 0.789. The van der Waals surface area contributed by atoms with Crippen LogP contribution in [0.4, 0.5) is 0 Å². The molecule has 1 unspecified atom stereocenters. The van der Waals surface area contributed by atoms with Crippen LogP contribution in [0.5, 0.6) is 0 Å². The van der Waals surface area contributed by atoms with Gasteiger partial charge in [-0.15, -0.1) is 0 Å². The molecule has 0 aliphatic heterocycles. The maximum atomic E-state index is 10.9. The Morgan fingerprint density at radius 3 is 2.53 bits per heavy atom. The van der Waals surface area contributed by atoms with Crippen molar-refractivity contribution >= 4 is 5.91 Å². The van der Waals surface area contributed by atoms with Gasteiger partial charge in [-0.2, -0.15) is 0 Å². The minimum Gasteiger partial charge on any atom is -0.355 e. The summed E-state index contributed by atoms with van der Waals surface area (Å²) in [5, 5.41) is 2.77. The van der Waals surface area contributed by atoms with E-state index >= 15 is 0 Å². The van der Waals surface area contributed by atoms with Gasteiger partial charge in [-0.3, -0.25) is 4.79 Å². The molecule has 1 aromatic carbocycles. The Labute approximate surface area is 103 Å². The first-order valence-corrected chi connectivity index (χ1v) is 6.23. The van der Waals surface area contributed by atoms with Crippen molar-refractivity contribution in [2.45, 2.75) is 32.6 Å². The molecule has 0 heterocycles. The third-order valence-corrected chi connectivity index (χ3v) is 3.08. The number of benzene rings is 1. The van der Waals surface area contributed by atoms with E-state index < -0.39 is 0 Å². The molecule has 0 spiro atoms. The molecule has 1 atom stereocenters. The number of carbonyl (C=O) groups is 1. The first-order valence-electron chi connectivity index (χ1n) is 6.23. The van der Waals surface area contributed by atoms with E-state index in [-0.39, 0.29) is 12.5 Å². The third kappa shape index (κ3) is 4.57. The Morgan fingerprint density at radius 1 is 1.35 bits per heavy atom. The minimum absolute atomic E-state index is 0.0625. The Morgan fingerprint density at radius 2 is 2.00 bits per heavy atom. The second-order valence-corrected chi connectivity index (χ2v) is 4.35. The van der Waals surface area contributed by atoms with Gasteiger partial charge in [0.1, 0.15) is 0 Å². The summed E-state index contributed by atoms with van der Waals surface area (Å²) in [6.45, 7) is 5.14. The summed E-state index contributed by atoms with van der Waals surface area (Å²) in [6.07, 6.45) is 2.01. The zero-order valence-electron chi connectivity index (χ0n) is 10.7. The molecule has 3 N–H and O–H groups in total. The largest absolute Gasteiger partial charge is 0.355 e. The van der Waals surface area contributed by atoms with E-state index in [0.717, 1.165) is 12.8 Å². The molecule has 0 aliphatic rings. The smallest absolute Gasteiger partial charge is 0.233 e. The first-order chi connectivity index (χ1) is 8.17. The lowest BCUT2D eigenvalue weighted by Gasteiger charge is -2.10. The van der Waals surface area contributed by atoms with Crippen LogP contribution in [-0.4, -0.2) is 19.0 Å². The van der Waals surface area contributed by atoms with Gasteiger partial charge in [0.2, 0.25) is 5.91 Å². The highest BCUT2D eigenvalue weighted by molar-refractivity contribution is 5.77. The van der Waals surface area contributed by atoms with Crippen LogP contribution in [0.25, 0.3) is 0 Å². The van der Waals surface area contributed by atoms with Gasteiger partial charge in [-0.1, -0.05) is 38.1 Å². The topological polar surface area (TPSA) is 55.1 Å². The van der Waals surface area contributed by atoms with Crippen LogP contribution in [0, 0.1) is 0 Å². The van der Waals surface area contributed by atoms with Crippen LogP contribution < -0.4 is 11.1 Å². The normalized spacial score (nSPS) is 12.2. The monoisotopic (exact) mass is 234 g/mol. The lowest BCUT2D eigenvalue weighted by atomic mass is 9.97. The van der Waals surface area contributed by atoms with Crippen molar-refractivity contribution in [3.63, 3.8) is 0 Å². The van der Waals surface area contributed by atoms with E-state index in [4.69, 9.17) is 5.73 Å². The molecule has 0 saturated carbocycles. The van der Waals surface area contributed by atoms with E-state index in [1.54, 1.807) is 0 Å². The van der Waals surface area contributed by atoms with Crippen LogP contribution in [0.3, 0.4) is 0 Å². The van der Waals surface area contributed by atoms with Crippen LogP contribution in [-0.2, 0) is 11.2 Å². The molecule has 0 aromatic heterocycles. The van der Waals surface area contributed by atoms with Crippen molar-refractivity contribution in [2.75, 3.05) is 13.1 Å². The van der Waals surface area contributed by atoms with Crippen molar-refractivity contribution in [3.05, 3.63) is 35.4 Å². The highest BCUT2D eigenvalue weighted by atomic mass is 16.1. The maximum Gasteiger partial charge on any atom is 0.233 e. The van der Waals surface area contributed by atoms with Gasteiger partial charge in [0.05, 0.1) is 6.54 Å². The highest BCUT2D eigenvalue weighted by Gasteiger charge is 2.02. The number of hydrogen-bond acceptors (Lipinski definition) is 2. The fourth-order valence-corrected chi connectivity index (χ4v) is 1.67. The Hall–Kier alpha value is -1.35. The van der Waals surface area contributed by atoms with E-state index in [1.807, 2.05) is 0 Å². The molecule has 0 bridgehead atoms. The number of amides is 1. The van der Waals surface area contributed by atoms with E-state index in [2.05, 4.69) is 43.4 Å². The van der Waals surface area contributed by atoms with Gasteiger partial charge in [-0.25, -0.2) is 0 Å². The molecular formula is C14H22N2O. The van der Waals surface area contributed by atoms with Crippen LogP contribution in [0.1, 0.15) is 37.3 Å². The molecule has 0 aliphatic carbocycles. The Kier molecular flexibility index (Phi) is 5.70. The second kappa shape index (κ2) is 7.07. The SMILES string of the molecule is CCC(C)c1ccc(CCNC(=O)CN)cc1. The lowest BCUT2D eigenvalue weighted by molar-refractivity contribution is -0.119. The van der Waals surface area contributed by atoms with E-state index in [1.165, 1.54) is 11.1 Å². The summed E-state index contributed by atoms with van der Waals surface area (Å²) in [5.41, 5.74) is 7.83. The van der Waals surface area contributed by atoms with Crippen molar-refractivity contribution in [2.24, 2.45) is 5.73 Å². The van der Waals surface area contributed by atoms with E-state index in [0.29, 0.717) is 12.5 Å². The molecule has 0 fully saturated rings. The molecule has 3 nitrogen and oxygen atoms in total. The molecular weight excluding hydrogens is 212 g/mol. The standard InChI is InChI=1S/C14H22N2O/c1-3-11(2)13-6-4-12(5-7-13)8-9-16-14(17)10-15/h4-7,11H,3,8-10,15H2,1-2H3,(H,16,17). The molecule has 3 heteroatoms. The van der Waals surface area contributed by atoms with Crippen molar-refractivity contribution in [1.29, 1.82) is 0 Å². The zero-order valence-corrected chi connectivity index (χ0v) is 10.7. The molecule has 17 heavy (non-hydrogen) atoms. The van der Waals surface area contributed by atoms with Gasteiger partial charge in [-0.05, 0) is 29.9 Å². The molecule has 1 rings (SSSR count). The minimum atomic E-state index is -0.0961. The molecule has 0 radical (unpaired) electrons. The third-order valence-electron chi connectivity index (χ3n) is 3.08. The summed E-state index contributed by atoms with van der Waals surface area (Å²) in [4.78, 5) is 10.9. The van der Waals surface area contributed by atoms with Gasteiger partial charge in [0.25, 0.3) is 0 Å². The van der Waals surface area contributed by atoms with Crippen molar-refractivity contribution in [1.82, 2.24) is 5.32 Å². The lowest BCUT2D eigenvalue weighted by Crippen LogP contribution is -2.31. The van der Waals surface area contributed by atoms with Crippen LogP contribution >= 0.6 is 0 Å². The molecule has 1 aromatic rings. The summed E-state index contributed by atoms with van der Waals surface area (Å²) in [7, 11) is 0. The van der Waals surface area contributed by atoms with Gasteiger partial charge in [0, 0.05) is 6.54 Å². The average Bonchev–Trinajstić information content (AvgIpc) is 2.38. The number of nitrogens with two attached hydrogens (primary N) is 1. The summed E-state index contributed by atoms with van der Waals surface area (Å²) in [6, 6.07) is 8.62. The average molecular weight is 234 g/mol. The van der Waals surface area contributed by atoms with Crippen molar-refractivity contribution < 1.29 is 4.79 Å². The highest BCUT2D eigenvalue weighted by Crippen LogP contribution is 2.18. The van der Waals surface area contributed by atoms with Crippen LogP contribution in [0.2, 0.25) is 0 Å². The number of carbonyl (C=O) groups excluding carboxylic acids is 1. The number of nitrogens with one attached hydrogen (secondary N) is 1. The zero-order chi connectivity index (χ0) is 12.7. The second-order valence-electron chi connectivity index (χ2n) is 4.35. The number of hydrogen-bond donors (Lipinski definition) is 2. The molecule has 94 valence electrons. The maximum absolute atomic E-state index is 10.9. The summed E-state index contributed by atoms with van der Waals surface area (Å²) >= 11 is 0. The number of rotatable bonds is 6. The fourth-order valence-electron chi connectivity index (χ4n) is 1.67. The summed E-state index contributed by atoms with van der Waals surface area (Å²) < 4.78 is 0. The Balaban J connectivity index is 2.43. The predicted molar refractivity (Wildman–Crippen MR) is 70.9 cm³/mol. The van der Waals surface area contributed by atoms with Crippen molar-refractivity contribution in [3.8, 4) is 0 Å². The molecule has 0 saturated heterocycles.